The number of aliphatic carboxylic acids is 1. The van der Waals surface area contributed by atoms with Crippen LogP contribution in [0.15, 0.2) is 60.8 Å². The summed E-state index contributed by atoms with van der Waals surface area (Å²) in [4.78, 5) is 51.1. The molecule has 1 fully saturated rings. The van der Waals surface area contributed by atoms with Gasteiger partial charge in [0.25, 0.3) is 0 Å². The van der Waals surface area contributed by atoms with E-state index in [1.54, 1.807) is 0 Å². The van der Waals surface area contributed by atoms with Gasteiger partial charge in [0.1, 0.15) is 18.8 Å². The van der Waals surface area contributed by atoms with Crippen LogP contribution >= 0.6 is 0 Å². The van der Waals surface area contributed by atoms with Crippen LogP contribution in [0.25, 0.3) is 0 Å². The quantitative estimate of drug-likeness (QED) is 0.0228. The number of aliphatic hydroxyl groups is 2. The monoisotopic (exact) mass is 1060 g/mol. The van der Waals surface area contributed by atoms with Gasteiger partial charge in [-0.3, -0.25) is 14.4 Å². The summed E-state index contributed by atoms with van der Waals surface area (Å²) in [5.74, 6) is -3.15. The van der Waals surface area contributed by atoms with Crippen LogP contribution in [-0.4, -0.2) is 89.2 Å². The molecule has 0 radical (unpaired) electrons. The van der Waals surface area contributed by atoms with Crippen molar-refractivity contribution in [3.63, 3.8) is 0 Å². The van der Waals surface area contributed by atoms with E-state index in [-0.39, 0.29) is 25.9 Å². The minimum Gasteiger partial charge on any atom is -0.479 e. The highest BCUT2D eigenvalue weighted by Crippen LogP contribution is 2.26. The van der Waals surface area contributed by atoms with Crippen LogP contribution in [-0.2, 0) is 42.9 Å². The van der Waals surface area contributed by atoms with Crippen LogP contribution < -0.4 is 0 Å². The number of hydrogen-bond acceptors (Lipinski definition) is 11. The molecule has 432 valence electrons. The fourth-order valence-corrected chi connectivity index (χ4v) is 8.83. The second-order valence-electron chi connectivity index (χ2n) is 20.6. The maximum Gasteiger partial charge on any atom is 0.335 e. The zero-order valence-corrected chi connectivity index (χ0v) is 47.5. The van der Waals surface area contributed by atoms with E-state index in [0.717, 1.165) is 122 Å². The summed E-state index contributed by atoms with van der Waals surface area (Å²) in [6.07, 6.45) is 50.4. The molecule has 0 saturated carbocycles. The molecule has 0 aromatic rings. The van der Waals surface area contributed by atoms with Crippen molar-refractivity contribution < 1.29 is 58.2 Å². The summed E-state index contributed by atoms with van der Waals surface area (Å²) >= 11 is 0. The number of carbonyl (C=O) groups is 4. The summed E-state index contributed by atoms with van der Waals surface area (Å²) in [5.41, 5.74) is 0. The van der Waals surface area contributed by atoms with Gasteiger partial charge in [-0.1, -0.05) is 197 Å². The van der Waals surface area contributed by atoms with Crippen molar-refractivity contribution >= 4 is 23.9 Å². The summed E-state index contributed by atoms with van der Waals surface area (Å²) in [5, 5.41) is 31.5. The molecule has 12 heteroatoms. The molecule has 0 amide bonds. The van der Waals surface area contributed by atoms with E-state index < -0.39 is 67.3 Å². The number of hydrogen-bond donors (Lipinski definition) is 3. The number of aliphatic hydroxyl groups excluding tert-OH is 2. The predicted octanol–water partition coefficient (Wildman–Crippen LogP) is 15.6. The second kappa shape index (κ2) is 51.2. The predicted molar refractivity (Wildman–Crippen MR) is 303 cm³/mol. The number of rotatable bonds is 51. The molecule has 0 spiro atoms. The summed E-state index contributed by atoms with van der Waals surface area (Å²) < 4.78 is 28.4. The van der Waals surface area contributed by atoms with Gasteiger partial charge >= 0.3 is 23.9 Å². The number of allylic oxidation sites excluding steroid dienone is 10. The zero-order chi connectivity index (χ0) is 54.7. The lowest BCUT2D eigenvalue weighted by molar-refractivity contribution is -0.301. The van der Waals surface area contributed by atoms with Gasteiger partial charge in [0, 0.05) is 19.3 Å². The molecule has 1 aliphatic rings. The Bertz CT molecular complexity index is 1540. The Labute approximate surface area is 456 Å². The van der Waals surface area contributed by atoms with Crippen molar-refractivity contribution in [3.8, 4) is 0 Å². The summed E-state index contributed by atoms with van der Waals surface area (Å²) in [6, 6.07) is 0. The fraction of sp³-hybridized carbons (Fsp3) is 0.778. The normalized spacial score (nSPS) is 18.5. The number of unbranched alkanes of at least 4 members (excludes halogenated alkanes) is 27. The Kier molecular flexibility index (Phi) is 47.4. The van der Waals surface area contributed by atoms with Gasteiger partial charge in [0.05, 0.1) is 6.61 Å². The second-order valence-corrected chi connectivity index (χ2v) is 20.6. The number of esters is 3. The molecule has 0 aromatic carbocycles. The molecule has 0 aliphatic carbocycles. The average molecular weight is 1060 g/mol. The Balaban J connectivity index is 2.70. The zero-order valence-electron chi connectivity index (χ0n) is 47.5. The molecular weight excluding hydrogens is 949 g/mol. The van der Waals surface area contributed by atoms with Gasteiger partial charge in [0.2, 0.25) is 0 Å². The molecule has 12 nitrogen and oxygen atoms in total. The van der Waals surface area contributed by atoms with Crippen molar-refractivity contribution in [1.29, 1.82) is 0 Å². The highest BCUT2D eigenvalue weighted by atomic mass is 16.7. The van der Waals surface area contributed by atoms with Crippen LogP contribution in [0.5, 0.6) is 0 Å². The summed E-state index contributed by atoms with van der Waals surface area (Å²) in [6.45, 7) is 5.91. The first kappa shape index (κ1) is 69.4. The van der Waals surface area contributed by atoms with E-state index in [9.17, 15) is 34.5 Å². The Morgan fingerprint density at radius 2 is 0.800 bits per heavy atom. The Hall–Kier alpha value is -3.58. The van der Waals surface area contributed by atoms with Crippen LogP contribution in [0, 0.1) is 0 Å². The third-order valence-electron chi connectivity index (χ3n) is 13.5. The van der Waals surface area contributed by atoms with Crippen LogP contribution in [0.1, 0.15) is 265 Å². The number of ether oxygens (including phenoxy) is 5. The van der Waals surface area contributed by atoms with Gasteiger partial charge in [-0.25, -0.2) is 4.79 Å². The van der Waals surface area contributed by atoms with Crippen LogP contribution in [0.2, 0.25) is 0 Å². The first-order valence-corrected chi connectivity index (χ1v) is 30.3. The van der Waals surface area contributed by atoms with Crippen molar-refractivity contribution in [3.05, 3.63) is 60.8 Å². The van der Waals surface area contributed by atoms with Crippen molar-refractivity contribution in [2.45, 2.75) is 302 Å². The number of carboxylic acid groups (broad SMARTS) is 1. The van der Waals surface area contributed by atoms with E-state index in [2.05, 4.69) is 81.5 Å². The van der Waals surface area contributed by atoms with Gasteiger partial charge in [-0.15, -0.1) is 0 Å². The van der Waals surface area contributed by atoms with Gasteiger partial charge in [-0.05, 0) is 109 Å². The molecular formula is C63H108O12. The first-order chi connectivity index (χ1) is 36.6. The number of carbonyl (C=O) groups excluding carboxylic acids is 3. The molecule has 6 atom stereocenters. The Morgan fingerprint density at radius 1 is 0.440 bits per heavy atom. The van der Waals surface area contributed by atoms with Crippen molar-refractivity contribution in [2.75, 3.05) is 13.2 Å². The fourth-order valence-electron chi connectivity index (χ4n) is 8.83. The molecule has 6 unspecified atom stereocenters. The summed E-state index contributed by atoms with van der Waals surface area (Å²) in [7, 11) is 0. The molecule has 75 heavy (non-hydrogen) atoms. The van der Waals surface area contributed by atoms with E-state index in [4.69, 9.17) is 23.7 Å². The van der Waals surface area contributed by atoms with Gasteiger partial charge in [-0.2, -0.15) is 0 Å². The Morgan fingerprint density at radius 3 is 1.24 bits per heavy atom. The van der Waals surface area contributed by atoms with Crippen molar-refractivity contribution in [2.24, 2.45) is 0 Å². The third-order valence-corrected chi connectivity index (χ3v) is 13.5. The molecule has 0 bridgehead atoms. The lowest BCUT2D eigenvalue weighted by Gasteiger charge is -2.40. The van der Waals surface area contributed by atoms with E-state index in [1.165, 1.54) is 83.5 Å². The maximum atomic E-state index is 13.1. The smallest absolute Gasteiger partial charge is 0.335 e. The highest BCUT2D eigenvalue weighted by Gasteiger charge is 2.50. The number of carboxylic acids is 1. The van der Waals surface area contributed by atoms with Gasteiger partial charge < -0.3 is 39.0 Å². The molecule has 0 aromatic heterocycles. The SMILES string of the molecule is CCCCC/C=C\C/C=C\CCCCCCCCCC(=O)OCC(COC1OC(C(=O)O)C(O)C(O)C1OC(=O)CCCCCCC/C=C\CCCCCC)OC(=O)CCCCCCC/C=C\C/C=C\CCCCC. The standard InChI is InChI=1S/C63H108O12/c1-4-7-10-13-16-19-22-25-27-28-30-32-34-37-40-43-46-49-55(64)71-52-54(73-56(65)50-47-44-41-38-36-33-29-26-23-20-17-14-11-8-5-2)53-72-63-61(59(68)58(67)60(75-63)62(69)70)74-57(66)51-48-45-42-39-35-31-24-21-18-15-12-9-6-3/h16-17,19-21,24-27,29,54,58-61,63,67-68H,4-15,18,22-23,28,30-53H2,1-3H3,(H,69,70)/b19-16-,20-17-,24-21-,27-25-,29-26-. The topological polar surface area (TPSA) is 175 Å². The minimum atomic E-state index is -1.91. The molecule has 1 saturated heterocycles. The first-order valence-electron chi connectivity index (χ1n) is 30.3. The molecule has 1 aliphatic heterocycles. The van der Waals surface area contributed by atoms with Crippen LogP contribution in [0.3, 0.4) is 0 Å². The largest absolute Gasteiger partial charge is 0.479 e. The van der Waals surface area contributed by atoms with E-state index >= 15 is 0 Å². The highest BCUT2D eigenvalue weighted by molar-refractivity contribution is 5.74. The lowest BCUT2D eigenvalue weighted by Crippen LogP contribution is -2.61. The van der Waals surface area contributed by atoms with Crippen LogP contribution in [0.4, 0.5) is 0 Å². The van der Waals surface area contributed by atoms with E-state index in [0.29, 0.717) is 19.3 Å². The minimum absolute atomic E-state index is 0.0476. The average Bonchev–Trinajstić information content (AvgIpc) is 3.39. The molecule has 1 rings (SSSR count). The maximum absolute atomic E-state index is 13.1. The lowest BCUT2D eigenvalue weighted by atomic mass is 9.98. The molecule has 3 N–H and O–H groups in total. The third kappa shape index (κ3) is 41.2. The van der Waals surface area contributed by atoms with E-state index in [1.807, 2.05) is 0 Å². The molecule has 1 heterocycles. The van der Waals surface area contributed by atoms with Gasteiger partial charge in [0.15, 0.2) is 24.6 Å². The van der Waals surface area contributed by atoms with Crippen molar-refractivity contribution in [1.82, 2.24) is 0 Å².